The van der Waals surface area contributed by atoms with E-state index in [0.717, 1.165) is 22.1 Å². The first-order valence-electron chi connectivity index (χ1n) is 7.61. The van der Waals surface area contributed by atoms with E-state index in [1.54, 1.807) is 11.3 Å². The van der Waals surface area contributed by atoms with Gasteiger partial charge >= 0.3 is 0 Å². The minimum absolute atomic E-state index is 0.416. The summed E-state index contributed by atoms with van der Waals surface area (Å²) in [5, 5.41) is 9.40. The maximum absolute atomic E-state index is 4.30. The third kappa shape index (κ3) is 3.19. The third-order valence-corrected chi connectivity index (χ3v) is 5.98. The first-order valence-corrected chi connectivity index (χ1v) is 9.22. The second-order valence-electron chi connectivity index (χ2n) is 5.98. The first kappa shape index (κ1) is 15.9. The molecule has 0 spiro atoms. The Kier molecular flexibility index (Phi) is 4.80. The third-order valence-electron chi connectivity index (χ3n) is 4.58. The van der Waals surface area contributed by atoms with Crippen LogP contribution in [0.3, 0.4) is 0 Å². The lowest BCUT2D eigenvalue weighted by molar-refractivity contribution is 0.0974. The molecule has 2 aromatic rings. The van der Waals surface area contributed by atoms with Gasteiger partial charge < -0.3 is 4.90 Å². The van der Waals surface area contributed by atoms with E-state index < -0.39 is 0 Å². The number of hydrogen-bond acceptors (Lipinski definition) is 5. The van der Waals surface area contributed by atoms with Crippen LogP contribution in [-0.2, 0) is 6.54 Å². The van der Waals surface area contributed by atoms with Gasteiger partial charge in [-0.1, -0.05) is 41.7 Å². The Morgan fingerprint density at radius 1 is 1.14 bits per heavy atom. The molecular formula is C16H21BrN4S. The van der Waals surface area contributed by atoms with Crippen molar-refractivity contribution >= 4 is 32.4 Å². The molecule has 0 N–H and O–H groups in total. The van der Waals surface area contributed by atoms with E-state index in [2.05, 4.69) is 87.0 Å². The number of aromatic nitrogens is 2. The van der Waals surface area contributed by atoms with Gasteiger partial charge in [-0.15, -0.1) is 10.2 Å². The molecular weight excluding hydrogens is 360 g/mol. The molecule has 0 saturated carbocycles. The summed E-state index contributed by atoms with van der Waals surface area (Å²) >= 11 is 5.02. The number of piperazine rings is 1. The van der Waals surface area contributed by atoms with E-state index in [9.17, 15) is 0 Å². The van der Waals surface area contributed by atoms with Crippen LogP contribution >= 0.6 is 27.3 Å². The van der Waals surface area contributed by atoms with Crippen LogP contribution in [0.4, 0.5) is 5.13 Å². The fourth-order valence-electron chi connectivity index (χ4n) is 3.16. The highest BCUT2D eigenvalue weighted by atomic mass is 79.9. The van der Waals surface area contributed by atoms with E-state index in [-0.39, 0.29) is 0 Å². The van der Waals surface area contributed by atoms with Gasteiger partial charge in [0.2, 0.25) is 5.13 Å². The Hall–Kier alpha value is -0.980. The molecule has 0 aliphatic carbocycles. The molecule has 0 radical (unpaired) electrons. The largest absolute Gasteiger partial charge is 0.341 e. The Morgan fingerprint density at radius 2 is 1.86 bits per heavy atom. The van der Waals surface area contributed by atoms with Gasteiger partial charge in [-0.05, 0) is 42.3 Å². The number of anilines is 1. The molecule has 3 rings (SSSR count). The van der Waals surface area contributed by atoms with Crippen molar-refractivity contribution in [3.63, 3.8) is 0 Å². The highest BCUT2D eigenvalue weighted by Crippen LogP contribution is 2.31. The number of nitrogens with zero attached hydrogens (tertiary/aromatic N) is 4. The normalized spacial score (nSPS) is 26.4. The lowest BCUT2D eigenvalue weighted by atomic mass is 10.00. The molecule has 22 heavy (non-hydrogen) atoms. The first-order chi connectivity index (χ1) is 10.6. The summed E-state index contributed by atoms with van der Waals surface area (Å²) in [6, 6.07) is 12.1. The van der Waals surface area contributed by atoms with Gasteiger partial charge in [0.25, 0.3) is 0 Å². The van der Waals surface area contributed by atoms with Gasteiger partial charge in [-0.2, -0.15) is 0 Å². The summed E-state index contributed by atoms with van der Waals surface area (Å²) in [4.78, 5) is 4.98. The Morgan fingerprint density at radius 3 is 2.50 bits per heavy atom. The summed E-state index contributed by atoms with van der Waals surface area (Å²) in [5.41, 5.74) is 1.38. The van der Waals surface area contributed by atoms with E-state index in [4.69, 9.17) is 0 Å². The molecule has 6 heteroatoms. The summed E-state index contributed by atoms with van der Waals surface area (Å²) in [7, 11) is 0. The molecule has 1 saturated heterocycles. The van der Waals surface area contributed by atoms with Gasteiger partial charge in [0.15, 0.2) is 3.92 Å². The van der Waals surface area contributed by atoms with Crippen molar-refractivity contribution in [2.45, 2.75) is 45.4 Å². The molecule has 1 aromatic heterocycles. The summed E-state index contributed by atoms with van der Waals surface area (Å²) in [5.74, 6) is 0. The van der Waals surface area contributed by atoms with Gasteiger partial charge in [-0.25, -0.2) is 0 Å². The smallest absolute Gasteiger partial charge is 0.209 e. The van der Waals surface area contributed by atoms with Gasteiger partial charge in [0.05, 0.1) is 0 Å². The van der Waals surface area contributed by atoms with Crippen molar-refractivity contribution in [3.05, 3.63) is 39.8 Å². The standard InChI is InChI=1S/C16H21BrN4S/c1-11-9-21(16-19-18-15(17)22-16)13(3)12(2)20(11)10-14-7-5-4-6-8-14/h4-8,11-13H,9-10H2,1-3H3. The second kappa shape index (κ2) is 6.64. The molecule has 0 amide bonds. The molecule has 1 aromatic carbocycles. The number of benzene rings is 1. The van der Waals surface area contributed by atoms with Crippen LogP contribution in [0.2, 0.25) is 0 Å². The Labute approximate surface area is 144 Å². The molecule has 2 heterocycles. The Balaban J connectivity index is 1.77. The molecule has 118 valence electrons. The zero-order chi connectivity index (χ0) is 15.7. The molecule has 4 nitrogen and oxygen atoms in total. The SMILES string of the molecule is CC1C(C)N(Cc2ccccc2)C(C)CN1c1nnc(Br)s1. The van der Waals surface area contributed by atoms with Crippen LogP contribution in [0.15, 0.2) is 34.2 Å². The van der Waals surface area contributed by atoms with E-state index in [1.165, 1.54) is 5.56 Å². The molecule has 3 unspecified atom stereocenters. The van der Waals surface area contributed by atoms with Crippen molar-refractivity contribution < 1.29 is 0 Å². The average molecular weight is 381 g/mol. The van der Waals surface area contributed by atoms with Crippen molar-refractivity contribution in [1.29, 1.82) is 0 Å². The molecule has 0 bridgehead atoms. The van der Waals surface area contributed by atoms with Gasteiger partial charge in [0.1, 0.15) is 0 Å². The Bertz CT molecular complexity index is 618. The molecule has 1 aliphatic rings. The van der Waals surface area contributed by atoms with Gasteiger partial charge in [-0.3, -0.25) is 4.90 Å². The minimum atomic E-state index is 0.416. The molecule has 3 atom stereocenters. The average Bonchev–Trinajstić information content (AvgIpc) is 2.95. The summed E-state index contributed by atoms with van der Waals surface area (Å²) < 4.78 is 0.849. The number of halogens is 1. The monoisotopic (exact) mass is 380 g/mol. The zero-order valence-corrected chi connectivity index (χ0v) is 15.5. The summed E-state index contributed by atoms with van der Waals surface area (Å²) in [6.07, 6.45) is 0. The van der Waals surface area contributed by atoms with E-state index in [0.29, 0.717) is 18.1 Å². The van der Waals surface area contributed by atoms with Crippen LogP contribution in [0, 0.1) is 0 Å². The van der Waals surface area contributed by atoms with Crippen molar-refractivity contribution in [1.82, 2.24) is 15.1 Å². The van der Waals surface area contributed by atoms with Crippen molar-refractivity contribution in [3.8, 4) is 0 Å². The lowest BCUT2D eigenvalue weighted by Gasteiger charge is -2.48. The van der Waals surface area contributed by atoms with Crippen LogP contribution in [0.5, 0.6) is 0 Å². The predicted octanol–water partition coefficient (Wildman–Crippen LogP) is 3.79. The van der Waals surface area contributed by atoms with Crippen LogP contribution in [0.25, 0.3) is 0 Å². The highest BCUT2D eigenvalue weighted by Gasteiger charge is 2.36. The molecule has 1 aliphatic heterocycles. The maximum atomic E-state index is 4.30. The predicted molar refractivity (Wildman–Crippen MR) is 95.3 cm³/mol. The fourth-order valence-corrected chi connectivity index (χ4v) is 4.34. The lowest BCUT2D eigenvalue weighted by Crippen LogP contribution is -2.61. The van der Waals surface area contributed by atoms with Crippen molar-refractivity contribution in [2.24, 2.45) is 0 Å². The minimum Gasteiger partial charge on any atom is -0.341 e. The van der Waals surface area contributed by atoms with Crippen LogP contribution < -0.4 is 4.90 Å². The van der Waals surface area contributed by atoms with Crippen molar-refractivity contribution in [2.75, 3.05) is 11.4 Å². The summed E-state index contributed by atoms with van der Waals surface area (Å²) in [6.45, 7) is 8.88. The molecule has 1 fully saturated rings. The number of rotatable bonds is 3. The van der Waals surface area contributed by atoms with Crippen LogP contribution in [0.1, 0.15) is 26.3 Å². The van der Waals surface area contributed by atoms with E-state index >= 15 is 0 Å². The zero-order valence-electron chi connectivity index (χ0n) is 13.1. The fraction of sp³-hybridized carbons (Fsp3) is 0.500. The van der Waals surface area contributed by atoms with E-state index in [1.807, 2.05) is 0 Å². The van der Waals surface area contributed by atoms with Gasteiger partial charge in [0, 0.05) is 31.2 Å². The quantitative estimate of drug-likeness (QED) is 0.810. The number of hydrogen-bond donors (Lipinski definition) is 0. The maximum Gasteiger partial charge on any atom is 0.209 e. The van der Waals surface area contributed by atoms with Crippen LogP contribution in [-0.4, -0.2) is 39.8 Å². The topological polar surface area (TPSA) is 32.3 Å². The second-order valence-corrected chi connectivity index (χ2v) is 8.21. The highest BCUT2D eigenvalue weighted by molar-refractivity contribution is 9.11.